The van der Waals surface area contributed by atoms with Crippen LogP contribution >= 0.6 is 11.3 Å². The van der Waals surface area contributed by atoms with Crippen LogP contribution in [0.4, 0.5) is 8.78 Å². The standard InChI is InChI=1S/C34H36F2O6S/c1-18-5-4-6-19(11-18)12-21-7-8-26(43-21)30-41-29-15-22-23-14-25(35)24-13-20(38)9-10-31(24,2)33(23,36)27(39)16-32(22,3)34(29,42-30)28(40)17-37/h4-11,13,22-23,25,27,29-30,37,39H,12,14-17H2,1-3H3/t22-,23-,25-,27-,29+,30+,31-,32-,33-,34+/m0/s1. The highest BCUT2D eigenvalue weighted by Crippen LogP contribution is 2.72. The van der Waals surface area contributed by atoms with Gasteiger partial charge in [0.25, 0.3) is 0 Å². The average molecular weight is 611 g/mol. The normalized spacial score (nSPS) is 43.0. The van der Waals surface area contributed by atoms with Gasteiger partial charge in [0.2, 0.25) is 0 Å². The van der Waals surface area contributed by atoms with Crippen LogP contribution in [0.3, 0.4) is 0 Å². The third-order valence-corrected chi connectivity index (χ3v) is 12.4. The Morgan fingerprint density at radius 1 is 1.16 bits per heavy atom. The highest BCUT2D eigenvalue weighted by molar-refractivity contribution is 7.12. The molecule has 3 saturated carbocycles. The van der Waals surface area contributed by atoms with Crippen LogP contribution in [0.2, 0.25) is 0 Å². The number of aliphatic hydroxyl groups excluding tert-OH is 2. The van der Waals surface area contributed by atoms with Crippen LogP contribution in [0.15, 0.2) is 60.2 Å². The lowest BCUT2D eigenvalue weighted by Crippen LogP contribution is -2.70. The number of allylic oxidation sites excluding steroid dienone is 4. The molecule has 1 aromatic heterocycles. The van der Waals surface area contributed by atoms with Gasteiger partial charge < -0.3 is 19.7 Å². The topological polar surface area (TPSA) is 93.1 Å². The lowest BCUT2D eigenvalue weighted by Gasteiger charge is -2.63. The molecule has 0 spiro atoms. The van der Waals surface area contributed by atoms with Crippen molar-refractivity contribution in [1.29, 1.82) is 0 Å². The fourth-order valence-electron chi connectivity index (χ4n) is 9.33. The number of halogens is 2. The van der Waals surface area contributed by atoms with Crippen molar-refractivity contribution >= 4 is 22.9 Å². The van der Waals surface area contributed by atoms with E-state index in [0.717, 1.165) is 22.3 Å². The number of aryl methyl sites for hydroxylation is 1. The van der Waals surface area contributed by atoms with E-state index in [4.69, 9.17) is 9.47 Å². The fourth-order valence-corrected chi connectivity index (χ4v) is 10.3. The minimum atomic E-state index is -2.28. The van der Waals surface area contributed by atoms with Gasteiger partial charge in [0.05, 0.1) is 17.1 Å². The Morgan fingerprint density at radius 3 is 2.70 bits per heavy atom. The number of alkyl halides is 2. The summed E-state index contributed by atoms with van der Waals surface area (Å²) in [6, 6.07) is 12.2. The maximum Gasteiger partial charge on any atom is 0.194 e. The molecule has 5 aliphatic rings. The molecule has 0 radical (unpaired) electrons. The van der Waals surface area contributed by atoms with Crippen LogP contribution < -0.4 is 0 Å². The summed E-state index contributed by atoms with van der Waals surface area (Å²) in [5.41, 5.74) is -4.18. The number of fused-ring (bicyclic) bond motifs is 7. The molecule has 1 aromatic carbocycles. The summed E-state index contributed by atoms with van der Waals surface area (Å²) in [4.78, 5) is 27.7. The lowest BCUT2D eigenvalue weighted by atomic mass is 9.44. The largest absolute Gasteiger partial charge is 0.390 e. The second-order valence-electron chi connectivity index (χ2n) is 13.5. The van der Waals surface area contributed by atoms with Crippen LogP contribution in [0, 0.1) is 29.6 Å². The summed E-state index contributed by atoms with van der Waals surface area (Å²) >= 11 is 1.52. The number of carbonyl (C=O) groups is 2. The van der Waals surface area contributed by atoms with Crippen molar-refractivity contribution in [2.45, 2.75) is 82.4 Å². The van der Waals surface area contributed by atoms with Crippen LogP contribution in [0.5, 0.6) is 0 Å². The molecule has 4 aliphatic carbocycles. The zero-order valence-corrected chi connectivity index (χ0v) is 25.2. The zero-order chi connectivity index (χ0) is 30.5. The summed E-state index contributed by atoms with van der Waals surface area (Å²) < 4.78 is 46.4. The van der Waals surface area contributed by atoms with Gasteiger partial charge in [-0.25, -0.2) is 8.78 Å². The summed E-state index contributed by atoms with van der Waals surface area (Å²) in [6.07, 6.45) is -0.476. The summed E-state index contributed by atoms with van der Waals surface area (Å²) in [5.74, 6) is -2.54. The van der Waals surface area contributed by atoms with E-state index in [1.54, 1.807) is 13.8 Å². The molecule has 2 N–H and O–H groups in total. The summed E-state index contributed by atoms with van der Waals surface area (Å²) in [5, 5.41) is 21.8. The first kappa shape index (κ1) is 29.2. The molecule has 4 fully saturated rings. The molecule has 2 heterocycles. The average Bonchev–Trinajstić information content (AvgIpc) is 3.64. The highest BCUT2D eigenvalue weighted by Gasteiger charge is 2.80. The van der Waals surface area contributed by atoms with Crippen LogP contribution in [-0.2, 0) is 25.5 Å². The van der Waals surface area contributed by atoms with Crippen molar-refractivity contribution < 1.29 is 38.1 Å². The third-order valence-electron chi connectivity index (χ3n) is 11.3. The van der Waals surface area contributed by atoms with Gasteiger partial charge in [-0.3, -0.25) is 9.59 Å². The summed E-state index contributed by atoms with van der Waals surface area (Å²) in [7, 11) is 0. The van der Waals surface area contributed by atoms with Gasteiger partial charge in [-0.2, -0.15) is 0 Å². The number of hydrogen-bond acceptors (Lipinski definition) is 7. The Balaban J connectivity index is 1.23. The van der Waals surface area contributed by atoms with Crippen molar-refractivity contribution in [3.63, 3.8) is 0 Å². The molecule has 7 rings (SSSR count). The summed E-state index contributed by atoms with van der Waals surface area (Å²) in [6.45, 7) is 4.58. The number of hydrogen-bond donors (Lipinski definition) is 2. The van der Waals surface area contributed by atoms with Crippen molar-refractivity contribution in [2.24, 2.45) is 22.7 Å². The van der Waals surface area contributed by atoms with E-state index >= 15 is 8.78 Å². The number of carbonyl (C=O) groups excluding carboxylic acids is 2. The quantitative estimate of drug-likeness (QED) is 0.478. The van der Waals surface area contributed by atoms with Gasteiger partial charge in [-0.05, 0) is 74.4 Å². The van der Waals surface area contributed by atoms with E-state index in [0.29, 0.717) is 0 Å². The van der Waals surface area contributed by atoms with Gasteiger partial charge in [0.15, 0.2) is 29.1 Å². The van der Waals surface area contributed by atoms with Gasteiger partial charge in [-0.1, -0.05) is 42.8 Å². The van der Waals surface area contributed by atoms with Crippen molar-refractivity contribution in [1.82, 2.24) is 0 Å². The minimum Gasteiger partial charge on any atom is -0.390 e. The predicted molar refractivity (Wildman–Crippen MR) is 156 cm³/mol. The zero-order valence-electron chi connectivity index (χ0n) is 24.4. The molecule has 2 aromatic rings. The van der Waals surface area contributed by atoms with E-state index in [9.17, 15) is 19.8 Å². The number of Topliss-reactive ketones (excluding diaryl/α,β-unsaturated/α-hetero) is 1. The number of thiophene rings is 1. The second-order valence-corrected chi connectivity index (χ2v) is 14.7. The predicted octanol–water partition coefficient (Wildman–Crippen LogP) is 5.29. The Morgan fingerprint density at radius 2 is 1.95 bits per heavy atom. The third kappa shape index (κ3) is 3.81. The number of ketones is 2. The second kappa shape index (κ2) is 9.72. The number of benzene rings is 1. The molecule has 0 amide bonds. The van der Waals surface area contributed by atoms with Gasteiger partial charge in [-0.15, -0.1) is 11.3 Å². The smallest absolute Gasteiger partial charge is 0.194 e. The first-order valence-electron chi connectivity index (χ1n) is 15.0. The van der Waals surface area contributed by atoms with E-state index in [2.05, 4.69) is 12.1 Å². The molecule has 0 unspecified atom stereocenters. The molecule has 6 nitrogen and oxygen atoms in total. The van der Waals surface area contributed by atoms with Crippen LogP contribution in [0.25, 0.3) is 0 Å². The van der Waals surface area contributed by atoms with Gasteiger partial charge in [0, 0.05) is 28.0 Å². The molecule has 1 saturated heterocycles. The van der Waals surface area contributed by atoms with E-state index in [-0.39, 0.29) is 24.8 Å². The van der Waals surface area contributed by atoms with Crippen LogP contribution in [0.1, 0.15) is 60.3 Å². The van der Waals surface area contributed by atoms with Crippen molar-refractivity contribution in [2.75, 3.05) is 6.61 Å². The molecule has 1 aliphatic heterocycles. The number of ether oxygens (including phenoxy) is 2. The molecule has 43 heavy (non-hydrogen) atoms. The van der Waals surface area contributed by atoms with Gasteiger partial charge >= 0.3 is 0 Å². The SMILES string of the molecule is Cc1cccc(Cc2ccc([C@@H]3O[C@@H]4C[C@H]5[C@@H]6C[C@H](F)C7=CC(=O)C=C[C@]7(C)[C@@]6(F)[C@@H](O)C[C@]5(C)[C@]4(C(=O)CO)O3)s2)c1. The first-order chi connectivity index (χ1) is 20.4. The number of aliphatic hydroxyl groups is 2. The monoisotopic (exact) mass is 610 g/mol. The van der Waals surface area contributed by atoms with Crippen molar-refractivity contribution in [3.8, 4) is 0 Å². The lowest BCUT2D eigenvalue weighted by molar-refractivity contribution is -0.234. The number of rotatable bonds is 5. The molecule has 9 heteroatoms. The first-order valence-corrected chi connectivity index (χ1v) is 15.8. The molecular weight excluding hydrogens is 574 g/mol. The maximum atomic E-state index is 17.5. The minimum absolute atomic E-state index is 0.0486. The Hall–Kier alpha value is -2.56. The maximum absolute atomic E-state index is 17.5. The molecule has 228 valence electrons. The Kier molecular flexibility index (Phi) is 6.59. The molecule has 0 bridgehead atoms. The van der Waals surface area contributed by atoms with E-state index in [1.807, 2.05) is 31.2 Å². The van der Waals surface area contributed by atoms with E-state index in [1.165, 1.54) is 34.6 Å². The Bertz CT molecular complexity index is 1570. The molecule has 10 atom stereocenters. The van der Waals surface area contributed by atoms with Gasteiger partial charge in [0.1, 0.15) is 12.8 Å². The highest BCUT2D eigenvalue weighted by atomic mass is 32.1. The van der Waals surface area contributed by atoms with Crippen LogP contribution in [-0.4, -0.2) is 58.0 Å². The van der Waals surface area contributed by atoms with E-state index < -0.39 is 76.8 Å². The Labute approximate surface area is 253 Å². The molecular formula is C34H36F2O6S. The van der Waals surface area contributed by atoms with Crippen molar-refractivity contribution in [3.05, 3.63) is 81.1 Å². The fraction of sp³-hybridized carbons (Fsp3) is 0.529.